The summed E-state index contributed by atoms with van der Waals surface area (Å²) in [7, 11) is 1.66. The van der Waals surface area contributed by atoms with Crippen LogP contribution in [0.5, 0.6) is 11.5 Å². The van der Waals surface area contributed by atoms with E-state index in [0.717, 1.165) is 43.9 Å². The van der Waals surface area contributed by atoms with E-state index in [1.807, 2.05) is 47.1 Å². The summed E-state index contributed by atoms with van der Waals surface area (Å²) in [6.07, 6.45) is 1.23. The van der Waals surface area contributed by atoms with Gasteiger partial charge in [-0.05, 0) is 53.6 Å². The van der Waals surface area contributed by atoms with Crippen LogP contribution in [0.3, 0.4) is 0 Å². The number of ether oxygens (including phenoxy) is 2. The second-order valence-electron chi connectivity index (χ2n) is 7.85. The van der Waals surface area contributed by atoms with Crippen LogP contribution >= 0.6 is 27.5 Å². The molecule has 0 amide bonds. The zero-order chi connectivity index (χ0) is 22.5. The quantitative estimate of drug-likeness (QED) is 0.345. The van der Waals surface area contributed by atoms with E-state index >= 15 is 0 Å². The smallest absolute Gasteiger partial charge is 0.226 e. The van der Waals surface area contributed by atoms with Crippen molar-refractivity contribution in [2.75, 3.05) is 12.4 Å². The van der Waals surface area contributed by atoms with E-state index < -0.39 is 0 Å². The van der Waals surface area contributed by atoms with Crippen molar-refractivity contribution in [1.29, 1.82) is 0 Å². The van der Waals surface area contributed by atoms with Crippen molar-refractivity contribution < 1.29 is 9.47 Å². The van der Waals surface area contributed by atoms with Gasteiger partial charge >= 0.3 is 0 Å². The summed E-state index contributed by atoms with van der Waals surface area (Å²) in [5.41, 5.74) is 4.96. The van der Waals surface area contributed by atoms with Crippen LogP contribution in [0.15, 0.2) is 83.1 Å². The zero-order valence-corrected chi connectivity index (χ0v) is 19.8. The molecule has 4 aromatic rings. The number of aromatic nitrogens is 3. The lowest BCUT2D eigenvalue weighted by atomic mass is 9.84. The van der Waals surface area contributed by atoms with Gasteiger partial charge in [0, 0.05) is 20.6 Å². The van der Waals surface area contributed by atoms with Crippen molar-refractivity contribution in [3.8, 4) is 11.5 Å². The highest BCUT2D eigenvalue weighted by molar-refractivity contribution is 9.10. The minimum atomic E-state index is -0.335. The Morgan fingerprint density at radius 1 is 1.03 bits per heavy atom. The SMILES string of the molecule is COc1ccc([C@@H]2C3=C(Nc4ncnn42)c2cc(Cl)ccc2O[C@H]3c2ccc(Br)cc2)cc1. The van der Waals surface area contributed by atoms with E-state index in [-0.39, 0.29) is 12.1 Å². The third-order valence-electron chi connectivity index (χ3n) is 5.98. The maximum atomic E-state index is 6.61. The largest absolute Gasteiger partial charge is 0.497 e. The average molecular weight is 522 g/mol. The summed E-state index contributed by atoms with van der Waals surface area (Å²) in [6.45, 7) is 0. The van der Waals surface area contributed by atoms with Gasteiger partial charge < -0.3 is 14.8 Å². The molecule has 6 nitrogen and oxygen atoms in total. The predicted molar refractivity (Wildman–Crippen MR) is 131 cm³/mol. The number of halogens is 2. The van der Waals surface area contributed by atoms with Crippen molar-refractivity contribution in [1.82, 2.24) is 14.8 Å². The number of hydrogen-bond donors (Lipinski definition) is 1. The molecule has 2 atom stereocenters. The molecular formula is C25H18BrClN4O2. The molecule has 0 spiro atoms. The van der Waals surface area contributed by atoms with E-state index in [2.05, 4.69) is 55.6 Å². The second-order valence-corrected chi connectivity index (χ2v) is 9.20. The Balaban J connectivity index is 1.61. The Morgan fingerprint density at radius 3 is 2.55 bits per heavy atom. The highest BCUT2D eigenvalue weighted by Gasteiger charge is 2.41. The molecule has 33 heavy (non-hydrogen) atoms. The Morgan fingerprint density at radius 2 is 1.79 bits per heavy atom. The first-order chi connectivity index (χ1) is 16.1. The van der Waals surface area contributed by atoms with Crippen molar-refractivity contribution in [2.24, 2.45) is 0 Å². The topological polar surface area (TPSA) is 61.2 Å². The van der Waals surface area contributed by atoms with Gasteiger partial charge in [-0.2, -0.15) is 10.1 Å². The summed E-state index contributed by atoms with van der Waals surface area (Å²) in [5, 5.41) is 8.68. The van der Waals surface area contributed by atoms with Crippen LogP contribution in [0.1, 0.15) is 28.8 Å². The fourth-order valence-electron chi connectivity index (χ4n) is 4.46. The molecule has 0 radical (unpaired) electrons. The normalized spacial score (nSPS) is 18.5. The summed E-state index contributed by atoms with van der Waals surface area (Å²) >= 11 is 9.92. The Bertz CT molecular complexity index is 1380. The average Bonchev–Trinajstić information content (AvgIpc) is 3.31. The van der Waals surface area contributed by atoms with Gasteiger partial charge in [0.05, 0.1) is 12.8 Å². The third-order valence-corrected chi connectivity index (χ3v) is 6.74. The van der Waals surface area contributed by atoms with E-state index in [9.17, 15) is 0 Å². The third kappa shape index (κ3) is 3.39. The van der Waals surface area contributed by atoms with Crippen molar-refractivity contribution in [3.05, 3.63) is 105 Å². The minimum Gasteiger partial charge on any atom is -0.497 e. The number of hydrogen-bond acceptors (Lipinski definition) is 5. The molecule has 3 aromatic carbocycles. The van der Waals surface area contributed by atoms with Crippen LogP contribution in [0.4, 0.5) is 5.95 Å². The van der Waals surface area contributed by atoms with Crippen LogP contribution in [0.2, 0.25) is 5.02 Å². The molecule has 6 rings (SSSR count). The summed E-state index contributed by atoms with van der Waals surface area (Å²) in [6, 6.07) is 21.7. The fraction of sp³-hybridized carbons (Fsp3) is 0.120. The molecule has 164 valence electrons. The van der Waals surface area contributed by atoms with E-state index in [0.29, 0.717) is 11.0 Å². The number of anilines is 1. The number of benzene rings is 3. The van der Waals surface area contributed by atoms with Crippen LogP contribution in [-0.2, 0) is 0 Å². The molecule has 8 heteroatoms. The molecule has 0 unspecified atom stereocenters. The summed E-state index contributed by atoms with van der Waals surface area (Å²) in [4.78, 5) is 4.46. The molecule has 0 saturated heterocycles. The minimum absolute atomic E-state index is 0.231. The van der Waals surface area contributed by atoms with E-state index in [1.54, 1.807) is 13.4 Å². The predicted octanol–water partition coefficient (Wildman–Crippen LogP) is 6.26. The first kappa shape index (κ1) is 20.3. The first-order valence-electron chi connectivity index (χ1n) is 10.4. The van der Waals surface area contributed by atoms with Gasteiger partial charge in [-0.1, -0.05) is 51.8 Å². The van der Waals surface area contributed by atoms with Gasteiger partial charge in [0.25, 0.3) is 0 Å². The lowest BCUT2D eigenvalue weighted by molar-refractivity contribution is 0.223. The van der Waals surface area contributed by atoms with Gasteiger partial charge in [0.15, 0.2) is 0 Å². The van der Waals surface area contributed by atoms with Crippen molar-refractivity contribution in [2.45, 2.75) is 12.1 Å². The van der Waals surface area contributed by atoms with Gasteiger partial charge in [-0.15, -0.1) is 0 Å². The van der Waals surface area contributed by atoms with Crippen LogP contribution < -0.4 is 14.8 Å². The van der Waals surface area contributed by atoms with Crippen LogP contribution in [0.25, 0.3) is 5.70 Å². The summed E-state index contributed by atoms with van der Waals surface area (Å²) < 4.78 is 14.9. The van der Waals surface area contributed by atoms with Crippen LogP contribution in [0, 0.1) is 0 Å². The summed E-state index contributed by atoms with van der Waals surface area (Å²) in [5.74, 6) is 2.22. The van der Waals surface area contributed by atoms with Gasteiger partial charge in [-0.3, -0.25) is 0 Å². The van der Waals surface area contributed by atoms with Gasteiger partial charge in [0.1, 0.15) is 30.0 Å². The molecule has 0 saturated carbocycles. The highest BCUT2D eigenvalue weighted by Crippen LogP contribution is 2.51. The Hall–Kier alpha value is -3.29. The number of methoxy groups -OCH3 is 1. The molecule has 0 fully saturated rings. The lowest BCUT2D eigenvalue weighted by Gasteiger charge is -2.39. The zero-order valence-electron chi connectivity index (χ0n) is 17.5. The van der Waals surface area contributed by atoms with Gasteiger partial charge in [0.2, 0.25) is 5.95 Å². The maximum Gasteiger partial charge on any atom is 0.226 e. The monoisotopic (exact) mass is 520 g/mol. The molecule has 1 aromatic heterocycles. The van der Waals surface area contributed by atoms with E-state index in [4.69, 9.17) is 21.1 Å². The second kappa shape index (κ2) is 7.93. The Labute approximate surface area is 204 Å². The van der Waals surface area contributed by atoms with Crippen LogP contribution in [-0.4, -0.2) is 21.9 Å². The molecule has 2 aliphatic rings. The first-order valence-corrected chi connectivity index (χ1v) is 11.6. The number of nitrogens with zero attached hydrogens (tertiary/aromatic N) is 3. The van der Waals surface area contributed by atoms with Crippen molar-refractivity contribution in [3.63, 3.8) is 0 Å². The highest BCUT2D eigenvalue weighted by atomic mass is 79.9. The molecule has 2 aliphatic heterocycles. The lowest BCUT2D eigenvalue weighted by Crippen LogP contribution is -2.32. The molecule has 0 bridgehead atoms. The molecule has 1 N–H and O–H groups in total. The fourth-order valence-corrected chi connectivity index (χ4v) is 4.90. The molecule has 0 aliphatic carbocycles. The standard InChI is InChI=1S/C25H18BrClN4O2/c1-32-18-9-4-14(5-10-18)23-21-22(30-25-28-13-29-31(23)25)19-12-17(27)8-11-20(19)33-24(21)15-2-6-16(26)7-3-15/h2-13,23-24H,1H3,(H,28,29,30)/t23-,24+/m1/s1. The van der Waals surface area contributed by atoms with Crippen molar-refractivity contribution >= 4 is 39.2 Å². The van der Waals surface area contributed by atoms with Gasteiger partial charge in [-0.25, -0.2) is 4.68 Å². The number of nitrogens with one attached hydrogen (secondary N) is 1. The number of rotatable bonds is 3. The molecule has 3 heterocycles. The van der Waals surface area contributed by atoms with E-state index in [1.165, 1.54) is 0 Å². The number of fused-ring (bicyclic) bond motifs is 3. The molecular weight excluding hydrogens is 504 g/mol. The maximum absolute atomic E-state index is 6.61. The Kier molecular flexibility index (Phi) is 4.89.